The lowest BCUT2D eigenvalue weighted by atomic mass is 9.79. The van der Waals surface area contributed by atoms with Crippen LogP contribution in [0.15, 0.2) is 0 Å². The van der Waals surface area contributed by atoms with Gasteiger partial charge in [0.05, 0.1) is 0 Å². The standard InChI is InChI=1S/C13H25NO/c15-10-8-12(11-5-1-2-6-11)13-7-3-4-9-14-13/h11-15H,1-10H2. The first kappa shape index (κ1) is 11.4. The van der Waals surface area contributed by atoms with Gasteiger partial charge in [-0.25, -0.2) is 0 Å². The van der Waals surface area contributed by atoms with Gasteiger partial charge in [-0.1, -0.05) is 32.1 Å². The third-order valence-electron chi connectivity index (χ3n) is 4.33. The second kappa shape index (κ2) is 5.86. The van der Waals surface area contributed by atoms with Gasteiger partial charge in [0.2, 0.25) is 0 Å². The molecule has 1 aliphatic carbocycles. The minimum absolute atomic E-state index is 0.374. The van der Waals surface area contributed by atoms with Crippen LogP contribution < -0.4 is 5.32 Å². The topological polar surface area (TPSA) is 32.3 Å². The average Bonchev–Trinajstić information content (AvgIpc) is 2.80. The summed E-state index contributed by atoms with van der Waals surface area (Å²) < 4.78 is 0. The molecule has 0 amide bonds. The van der Waals surface area contributed by atoms with Crippen LogP contribution in [0.4, 0.5) is 0 Å². The van der Waals surface area contributed by atoms with Crippen molar-refractivity contribution in [1.82, 2.24) is 5.32 Å². The van der Waals surface area contributed by atoms with Crippen molar-refractivity contribution in [2.45, 2.75) is 57.4 Å². The van der Waals surface area contributed by atoms with Gasteiger partial charge < -0.3 is 10.4 Å². The summed E-state index contributed by atoms with van der Waals surface area (Å²) in [4.78, 5) is 0. The van der Waals surface area contributed by atoms with Gasteiger partial charge >= 0.3 is 0 Å². The van der Waals surface area contributed by atoms with Gasteiger partial charge in [0.1, 0.15) is 0 Å². The molecule has 2 unspecified atom stereocenters. The predicted octanol–water partition coefficient (Wildman–Crippen LogP) is 2.32. The molecule has 2 aliphatic rings. The first-order valence-electron chi connectivity index (χ1n) is 6.76. The monoisotopic (exact) mass is 211 g/mol. The maximum atomic E-state index is 9.20. The molecular formula is C13H25NO. The molecule has 2 rings (SSSR count). The molecule has 0 aromatic heterocycles. The summed E-state index contributed by atoms with van der Waals surface area (Å²) in [7, 11) is 0. The molecule has 1 saturated heterocycles. The Morgan fingerprint density at radius 2 is 1.80 bits per heavy atom. The van der Waals surface area contributed by atoms with Gasteiger partial charge in [-0.3, -0.25) is 0 Å². The molecule has 2 fully saturated rings. The van der Waals surface area contributed by atoms with Crippen molar-refractivity contribution in [3.63, 3.8) is 0 Å². The van der Waals surface area contributed by atoms with Crippen molar-refractivity contribution in [2.75, 3.05) is 13.2 Å². The number of piperidine rings is 1. The van der Waals surface area contributed by atoms with Crippen molar-refractivity contribution in [1.29, 1.82) is 0 Å². The minimum Gasteiger partial charge on any atom is -0.396 e. The highest BCUT2D eigenvalue weighted by atomic mass is 16.3. The minimum atomic E-state index is 0.374. The first-order valence-corrected chi connectivity index (χ1v) is 6.76. The van der Waals surface area contributed by atoms with Crippen LogP contribution in [0.2, 0.25) is 0 Å². The Kier molecular flexibility index (Phi) is 4.45. The Morgan fingerprint density at radius 1 is 1.07 bits per heavy atom. The summed E-state index contributed by atoms with van der Waals surface area (Å²) >= 11 is 0. The zero-order valence-electron chi connectivity index (χ0n) is 9.75. The lowest BCUT2D eigenvalue weighted by Gasteiger charge is -2.35. The van der Waals surface area contributed by atoms with E-state index in [4.69, 9.17) is 0 Å². The Morgan fingerprint density at radius 3 is 2.40 bits per heavy atom. The molecular weight excluding hydrogens is 186 g/mol. The number of hydrogen-bond acceptors (Lipinski definition) is 2. The maximum absolute atomic E-state index is 9.20. The Bertz CT molecular complexity index is 171. The predicted molar refractivity (Wildman–Crippen MR) is 62.8 cm³/mol. The van der Waals surface area contributed by atoms with Crippen molar-refractivity contribution in [3.05, 3.63) is 0 Å². The van der Waals surface area contributed by atoms with Crippen LogP contribution in [0.25, 0.3) is 0 Å². The Labute approximate surface area is 93.5 Å². The Balaban J connectivity index is 1.90. The van der Waals surface area contributed by atoms with Gasteiger partial charge in [-0.05, 0) is 37.6 Å². The molecule has 0 aromatic rings. The second-order valence-electron chi connectivity index (χ2n) is 5.28. The summed E-state index contributed by atoms with van der Waals surface area (Å²) in [5.74, 6) is 1.64. The summed E-state index contributed by atoms with van der Waals surface area (Å²) in [6.07, 6.45) is 10.7. The zero-order chi connectivity index (χ0) is 10.5. The molecule has 1 heterocycles. The molecule has 2 nitrogen and oxygen atoms in total. The van der Waals surface area contributed by atoms with Crippen molar-refractivity contribution in [2.24, 2.45) is 11.8 Å². The van der Waals surface area contributed by atoms with Crippen LogP contribution in [0.1, 0.15) is 51.4 Å². The number of aliphatic hydroxyl groups is 1. The molecule has 0 radical (unpaired) electrons. The number of rotatable bonds is 4. The van der Waals surface area contributed by atoms with Crippen molar-refractivity contribution < 1.29 is 5.11 Å². The highest BCUT2D eigenvalue weighted by molar-refractivity contribution is 4.86. The second-order valence-corrected chi connectivity index (χ2v) is 5.28. The largest absolute Gasteiger partial charge is 0.396 e. The van der Waals surface area contributed by atoms with Crippen LogP contribution in [-0.2, 0) is 0 Å². The average molecular weight is 211 g/mol. The lowest BCUT2D eigenvalue weighted by Crippen LogP contribution is -2.42. The third kappa shape index (κ3) is 2.94. The number of nitrogens with one attached hydrogen (secondary N) is 1. The quantitative estimate of drug-likeness (QED) is 0.748. The molecule has 2 heteroatoms. The highest BCUT2D eigenvalue weighted by Gasteiger charge is 2.31. The van der Waals surface area contributed by atoms with Gasteiger partial charge in [0.25, 0.3) is 0 Å². The molecule has 2 N–H and O–H groups in total. The van der Waals surface area contributed by atoms with E-state index in [0.29, 0.717) is 12.6 Å². The van der Waals surface area contributed by atoms with E-state index in [9.17, 15) is 5.11 Å². The summed E-state index contributed by atoms with van der Waals surface area (Å²) in [5, 5.41) is 12.9. The Hall–Kier alpha value is -0.0800. The fourth-order valence-electron chi connectivity index (χ4n) is 3.54. The first-order chi connectivity index (χ1) is 7.42. The highest BCUT2D eigenvalue weighted by Crippen LogP contribution is 2.36. The summed E-state index contributed by atoms with van der Waals surface area (Å²) in [5.41, 5.74) is 0. The molecule has 15 heavy (non-hydrogen) atoms. The van der Waals surface area contributed by atoms with Crippen LogP contribution in [0, 0.1) is 11.8 Å². The van der Waals surface area contributed by atoms with Gasteiger partial charge in [-0.15, -0.1) is 0 Å². The van der Waals surface area contributed by atoms with Crippen molar-refractivity contribution in [3.8, 4) is 0 Å². The van der Waals surface area contributed by atoms with E-state index >= 15 is 0 Å². The fourth-order valence-corrected chi connectivity index (χ4v) is 3.54. The van der Waals surface area contributed by atoms with Crippen LogP contribution in [0.5, 0.6) is 0 Å². The van der Waals surface area contributed by atoms with E-state index in [0.717, 1.165) is 18.3 Å². The van der Waals surface area contributed by atoms with Crippen LogP contribution >= 0.6 is 0 Å². The van der Waals surface area contributed by atoms with E-state index in [1.54, 1.807) is 0 Å². The fraction of sp³-hybridized carbons (Fsp3) is 1.00. The molecule has 2 atom stereocenters. The number of hydrogen-bond donors (Lipinski definition) is 2. The van der Waals surface area contributed by atoms with Gasteiger partial charge in [0.15, 0.2) is 0 Å². The van der Waals surface area contributed by atoms with E-state index in [1.807, 2.05) is 0 Å². The SMILES string of the molecule is OCCC(C1CCCC1)C1CCCCN1. The molecule has 0 bridgehead atoms. The van der Waals surface area contributed by atoms with Crippen LogP contribution in [0.3, 0.4) is 0 Å². The summed E-state index contributed by atoms with van der Waals surface area (Å²) in [6, 6.07) is 0.703. The van der Waals surface area contributed by atoms with Gasteiger partial charge in [0, 0.05) is 12.6 Å². The zero-order valence-corrected chi connectivity index (χ0v) is 9.75. The maximum Gasteiger partial charge on any atom is 0.0434 e. The van der Waals surface area contributed by atoms with E-state index in [1.165, 1.54) is 51.5 Å². The smallest absolute Gasteiger partial charge is 0.0434 e. The lowest BCUT2D eigenvalue weighted by molar-refractivity contribution is 0.164. The molecule has 1 aliphatic heterocycles. The number of aliphatic hydroxyl groups excluding tert-OH is 1. The normalized spacial score (nSPS) is 30.6. The van der Waals surface area contributed by atoms with Gasteiger partial charge in [-0.2, -0.15) is 0 Å². The van der Waals surface area contributed by atoms with E-state index < -0.39 is 0 Å². The molecule has 0 aromatic carbocycles. The molecule has 88 valence electrons. The van der Waals surface area contributed by atoms with E-state index in [2.05, 4.69) is 5.32 Å². The van der Waals surface area contributed by atoms with E-state index in [-0.39, 0.29) is 0 Å². The van der Waals surface area contributed by atoms with Crippen LogP contribution in [-0.4, -0.2) is 24.3 Å². The summed E-state index contributed by atoms with van der Waals surface area (Å²) in [6.45, 7) is 1.57. The molecule has 0 spiro atoms. The van der Waals surface area contributed by atoms with Crippen molar-refractivity contribution >= 4 is 0 Å². The molecule has 1 saturated carbocycles. The third-order valence-corrected chi connectivity index (χ3v) is 4.33.